The summed E-state index contributed by atoms with van der Waals surface area (Å²) >= 11 is 0. The fraction of sp³-hybridized carbons (Fsp3) is 0.692. The number of aryl methyl sites for hydroxylation is 1. The van der Waals surface area contributed by atoms with Crippen molar-refractivity contribution in [2.75, 3.05) is 18.5 Å². The molecule has 1 saturated heterocycles. The summed E-state index contributed by atoms with van der Waals surface area (Å²) < 4.78 is 7.20. The Hall–Kier alpha value is -1.36. The molecule has 0 bridgehead atoms. The summed E-state index contributed by atoms with van der Waals surface area (Å²) in [4.78, 5) is 16.2. The van der Waals surface area contributed by atoms with Crippen molar-refractivity contribution in [1.82, 2.24) is 9.55 Å². The smallest absolute Gasteiger partial charge is 0.293 e. The maximum Gasteiger partial charge on any atom is 0.293 e. The molecule has 0 aliphatic carbocycles. The molecule has 1 N–H and O–H groups in total. The van der Waals surface area contributed by atoms with Crippen LogP contribution < -0.4 is 10.9 Å². The highest BCUT2D eigenvalue weighted by Gasteiger charge is 2.24. The number of anilines is 1. The SMILES string of the molecule is CCCn1ccnc(NCC2CCOC2C)c1=O. The van der Waals surface area contributed by atoms with Crippen molar-refractivity contribution in [3.8, 4) is 0 Å². The molecule has 1 fully saturated rings. The molecule has 2 atom stereocenters. The van der Waals surface area contributed by atoms with Crippen LogP contribution in [0.4, 0.5) is 5.82 Å². The molecule has 1 aliphatic heterocycles. The van der Waals surface area contributed by atoms with Crippen molar-refractivity contribution in [2.24, 2.45) is 5.92 Å². The molecular weight excluding hydrogens is 230 g/mol. The molecule has 2 unspecified atom stereocenters. The van der Waals surface area contributed by atoms with Crippen LogP contribution in [0.3, 0.4) is 0 Å². The average molecular weight is 251 g/mol. The van der Waals surface area contributed by atoms with Gasteiger partial charge in [-0.05, 0) is 19.8 Å². The van der Waals surface area contributed by atoms with Crippen LogP contribution in [0.15, 0.2) is 17.2 Å². The van der Waals surface area contributed by atoms with Gasteiger partial charge < -0.3 is 14.6 Å². The maximum absolute atomic E-state index is 12.1. The average Bonchev–Trinajstić information content (AvgIpc) is 2.76. The van der Waals surface area contributed by atoms with E-state index in [-0.39, 0.29) is 11.7 Å². The zero-order chi connectivity index (χ0) is 13.0. The van der Waals surface area contributed by atoms with Gasteiger partial charge in [-0.15, -0.1) is 0 Å². The summed E-state index contributed by atoms with van der Waals surface area (Å²) in [6, 6.07) is 0. The van der Waals surface area contributed by atoms with Crippen LogP contribution in [-0.2, 0) is 11.3 Å². The third kappa shape index (κ3) is 2.90. The van der Waals surface area contributed by atoms with Gasteiger partial charge in [0.25, 0.3) is 5.56 Å². The number of nitrogens with one attached hydrogen (secondary N) is 1. The van der Waals surface area contributed by atoms with E-state index >= 15 is 0 Å². The Kier molecular flexibility index (Phi) is 4.36. The first-order chi connectivity index (χ1) is 8.72. The molecule has 2 rings (SSSR count). The molecule has 5 nitrogen and oxygen atoms in total. The molecule has 0 aromatic carbocycles. The first kappa shape index (κ1) is 13.1. The monoisotopic (exact) mass is 251 g/mol. The molecule has 5 heteroatoms. The predicted molar refractivity (Wildman–Crippen MR) is 70.8 cm³/mol. The van der Waals surface area contributed by atoms with Gasteiger partial charge in [-0.3, -0.25) is 4.79 Å². The standard InChI is InChI=1S/C13H21N3O2/c1-3-6-16-7-5-14-12(13(16)17)15-9-11-4-8-18-10(11)2/h5,7,10-11H,3-4,6,8-9H2,1-2H3,(H,14,15). The number of rotatable bonds is 5. The van der Waals surface area contributed by atoms with Gasteiger partial charge in [0.05, 0.1) is 6.10 Å². The lowest BCUT2D eigenvalue weighted by Crippen LogP contribution is -2.28. The lowest BCUT2D eigenvalue weighted by molar-refractivity contribution is 0.108. The second-order valence-corrected chi connectivity index (χ2v) is 4.78. The molecule has 1 aliphatic rings. The van der Waals surface area contributed by atoms with Gasteiger partial charge in [0, 0.05) is 38.0 Å². The summed E-state index contributed by atoms with van der Waals surface area (Å²) in [7, 11) is 0. The molecule has 1 aromatic rings. The predicted octanol–water partition coefficient (Wildman–Crippen LogP) is 1.49. The van der Waals surface area contributed by atoms with Crippen molar-refractivity contribution in [2.45, 2.75) is 39.3 Å². The van der Waals surface area contributed by atoms with E-state index in [2.05, 4.69) is 24.1 Å². The quantitative estimate of drug-likeness (QED) is 0.861. The summed E-state index contributed by atoms with van der Waals surface area (Å²) in [5.41, 5.74) is -0.0362. The number of ether oxygens (including phenoxy) is 1. The van der Waals surface area contributed by atoms with Crippen molar-refractivity contribution in [3.63, 3.8) is 0 Å². The lowest BCUT2D eigenvalue weighted by Gasteiger charge is -2.15. The molecule has 0 spiro atoms. The summed E-state index contributed by atoms with van der Waals surface area (Å²) in [6.45, 7) is 6.43. The Morgan fingerprint density at radius 2 is 2.44 bits per heavy atom. The van der Waals surface area contributed by atoms with E-state index in [4.69, 9.17) is 4.74 Å². The normalized spacial score (nSPS) is 23.2. The van der Waals surface area contributed by atoms with Gasteiger partial charge in [0.1, 0.15) is 0 Å². The van der Waals surface area contributed by atoms with Gasteiger partial charge in [-0.25, -0.2) is 4.98 Å². The third-order valence-electron chi connectivity index (χ3n) is 3.44. The van der Waals surface area contributed by atoms with Crippen LogP contribution in [0, 0.1) is 5.92 Å². The number of aromatic nitrogens is 2. The van der Waals surface area contributed by atoms with E-state index < -0.39 is 0 Å². The zero-order valence-electron chi connectivity index (χ0n) is 11.1. The number of hydrogen-bond acceptors (Lipinski definition) is 4. The van der Waals surface area contributed by atoms with E-state index in [0.717, 1.165) is 32.5 Å². The van der Waals surface area contributed by atoms with E-state index in [0.29, 0.717) is 11.7 Å². The minimum absolute atomic E-state index is 0.0362. The summed E-state index contributed by atoms with van der Waals surface area (Å²) in [6.07, 6.45) is 5.66. The third-order valence-corrected chi connectivity index (χ3v) is 3.44. The Bertz CT molecular complexity index is 444. The fourth-order valence-corrected chi connectivity index (χ4v) is 2.26. The van der Waals surface area contributed by atoms with Crippen LogP contribution in [0.1, 0.15) is 26.7 Å². The van der Waals surface area contributed by atoms with E-state index in [1.165, 1.54) is 0 Å². The van der Waals surface area contributed by atoms with Crippen LogP contribution >= 0.6 is 0 Å². The summed E-state index contributed by atoms with van der Waals surface area (Å²) in [5, 5.41) is 3.16. The van der Waals surface area contributed by atoms with Crippen molar-refractivity contribution >= 4 is 5.82 Å². The van der Waals surface area contributed by atoms with Crippen molar-refractivity contribution < 1.29 is 4.74 Å². The first-order valence-electron chi connectivity index (χ1n) is 6.63. The Morgan fingerprint density at radius 1 is 1.61 bits per heavy atom. The fourth-order valence-electron chi connectivity index (χ4n) is 2.26. The molecule has 100 valence electrons. The molecule has 0 saturated carbocycles. The van der Waals surface area contributed by atoms with Crippen molar-refractivity contribution in [1.29, 1.82) is 0 Å². The molecule has 2 heterocycles. The van der Waals surface area contributed by atoms with Crippen molar-refractivity contribution in [3.05, 3.63) is 22.7 Å². The topological polar surface area (TPSA) is 56.1 Å². The minimum atomic E-state index is -0.0362. The number of nitrogens with zero attached hydrogens (tertiary/aromatic N) is 2. The Labute approximate surface area is 107 Å². The minimum Gasteiger partial charge on any atom is -0.378 e. The highest BCUT2D eigenvalue weighted by Crippen LogP contribution is 2.20. The summed E-state index contributed by atoms with van der Waals surface area (Å²) in [5.74, 6) is 0.913. The highest BCUT2D eigenvalue weighted by molar-refractivity contribution is 5.30. The van der Waals surface area contributed by atoms with Crippen LogP contribution in [0.5, 0.6) is 0 Å². The Morgan fingerprint density at radius 3 is 3.11 bits per heavy atom. The highest BCUT2D eigenvalue weighted by atomic mass is 16.5. The second-order valence-electron chi connectivity index (χ2n) is 4.78. The second kappa shape index (κ2) is 6.00. The van der Waals surface area contributed by atoms with Crippen LogP contribution in [0.2, 0.25) is 0 Å². The zero-order valence-corrected chi connectivity index (χ0v) is 11.1. The maximum atomic E-state index is 12.1. The first-order valence-corrected chi connectivity index (χ1v) is 6.63. The van der Waals surface area contributed by atoms with E-state index in [9.17, 15) is 4.79 Å². The van der Waals surface area contributed by atoms with Crippen LogP contribution in [0.25, 0.3) is 0 Å². The largest absolute Gasteiger partial charge is 0.378 e. The molecule has 0 amide bonds. The van der Waals surface area contributed by atoms with E-state index in [1.807, 2.05) is 0 Å². The van der Waals surface area contributed by atoms with Gasteiger partial charge in [-0.2, -0.15) is 0 Å². The van der Waals surface area contributed by atoms with Gasteiger partial charge in [0.15, 0.2) is 5.82 Å². The van der Waals surface area contributed by atoms with Gasteiger partial charge in [0.2, 0.25) is 0 Å². The Balaban J connectivity index is 2.01. The molecule has 18 heavy (non-hydrogen) atoms. The molecule has 0 radical (unpaired) electrons. The van der Waals surface area contributed by atoms with Gasteiger partial charge in [-0.1, -0.05) is 6.92 Å². The van der Waals surface area contributed by atoms with Gasteiger partial charge >= 0.3 is 0 Å². The molecular formula is C13H21N3O2. The molecule has 1 aromatic heterocycles. The lowest BCUT2D eigenvalue weighted by atomic mass is 10.0. The van der Waals surface area contributed by atoms with Crippen LogP contribution in [-0.4, -0.2) is 28.8 Å². The number of hydrogen-bond donors (Lipinski definition) is 1. The van der Waals surface area contributed by atoms with E-state index in [1.54, 1.807) is 17.0 Å².